The van der Waals surface area contributed by atoms with Gasteiger partial charge in [0.05, 0.1) is 25.2 Å². The number of rotatable bonds is 5. The molecule has 0 spiro atoms. The molecule has 1 amide bonds. The van der Waals surface area contributed by atoms with Crippen molar-refractivity contribution in [1.82, 2.24) is 10.3 Å². The van der Waals surface area contributed by atoms with Crippen LogP contribution in [-0.2, 0) is 11.2 Å². The molecule has 19 heavy (non-hydrogen) atoms. The molecule has 1 heterocycles. The second kappa shape index (κ2) is 5.42. The van der Waals surface area contributed by atoms with Crippen LogP contribution in [0.5, 0.6) is 0 Å². The number of aliphatic hydroxyl groups is 2. The highest BCUT2D eigenvalue weighted by atomic mass is 16.3. The first kappa shape index (κ1) is 13.6. The average molecular weight is 262 g/mol. The van der Waals surface area contributed by atoms with Gasteiger partial charge in [0.15, 0.2) is 0 Å². The molecule has 0 unspecified atom stereocenters. The van der Waals surface area contributed by atoms with E-state index in [2.05, 4.69) is 10.3 Å². The molecular formula is C14H18N2O3. The number of fused-ring (bicyclic) bond motifs is 1. The lowest BCUT2D eigenvalue weighted by Crippen LogP contribution is -2.52. The number of carbonyl (C=O) groups is 1. The fourth-order valence-corrected chi connectivity index (χ4v) is 1.96. The Morgan fingerprint density at radius 1 is 1.32 bits per heavy atom. The van der Waals surface area contributed by atoms with Gasteiger partial charge in [-0.25, -0.2) is 0 Å². The molecular weight excluding hydrogens is 244 g/mol. The standard InChI is InChI=1S/C14H18N2O3/c1-14(8-17,9-18)16-13(19)6-10-7-15-12-5-3-2-4-11(10)12/h2-5,7,15,17-18H,6,8-9H2,1H3,(H,16,19). The van der Waals surface area contributed by atoms with E-state index in [9.17, 15) is 4.79 Å². The Morgan fingerprint density at radius 2 is 2.00 bits per heavy atom. The van der Waals surface area contributed by atoms with Crippen LogP contribution in [0.3, 0.4) is 0 Å². The summed E-state index contributed by atoms with van der Waals surface area (Å²) < 4.78 is 0. The maximum absolute atomic E-state index is 11.9. The van der Waals surface area contributed by atoms with Crippen LogP contribution < -0.4 is 5.32 Å². The molecule has 1 aromatic carbocycles. The van der Waals surface area contributed by atoms with Crippen LogP contribution in [0.1, 0.15) is 12.5 Å². The monoisotopic (exact) mass is 262 g/mol. The summed E-state index contributed by atoms with van der Waals surface area (Å²) in [5, 5.41) is 22.0. The van der Waals surface area contributed by atoms with Gasteiger partial charge in [0.25, 0.3) is 0 Å². The van der Waals surface area contributed by atoms with Gasteiger partial charge in [0, 0.05) is 17.1 Å². The lowest BCUT2D eigenvalue weighted by Gasteiger charge is -2.26. The number of amides is 1. The summed E-state index contributed by atoms with van der Waals surface area (Å²) in [7, 11) is 0. The molecule has 0 saturated carbocycles. The Balaban J connectivity index is 2.11. The third-order valence-corrected chi connectivity index (χ3v) is 3.17. The van der Waals surface area contributed by atoms with Crippen molar-refractivity contribution in [1.29, 1.82) is 0 Å². The largest absolute Gasteiger partial charge is 0.394 e. The summed E-state index contributed by atoms with van der Waals surface area (Å²) in [6, 6.07) is 7.74. The van der Waals surface area contributed by atoms with Crippen LogP contribution in [0.25, 0.3) is 10.9 Å². The Bertz CT molecular complexity index is 573. The first-order chi connectivity index (χ1) is 9.08. The predicted molar refractivity (Wildman–Crippen MR) is 72.7 cm³/mol. The van der Waals surface area contributed by atoms with Gasteiger partial charge in [-0.1, -0.05) is 18.2 Å². The molecule has 0 radical (unpaired) electrons. The fraction of sp³-hybridized carbons (Fsp3) is 0.357. The molecule has 0 aliphatic heterocycles. The number of para-hydroxylation sites is 1. The van der Waals surface area contributed by atoms with E-state index in [1.165, 1.54) is 0 Å². The summed E-state index contributed by atoms with van der Waals surface area (Å²) in [6.45, 7) is 0.992. The molecule has 5 heteroatoms. The minimum absolute atomic E-state index is 0.208. The molecule has 2 aromatic rings. The van der Waals surface area contributed by atoms with E-state index >= 15 is 0 Å². The third kappa shape index (κ3) is 2.94. The van der Waals surface area contributed by atoms with Gasteiger partial charge in [-0.15, -0.1) is 0 Å². The van der Waals surface area contributed by atoms with Crippen molar-refractivity contribution in [2.75, 3.05) is 13.2 Å². The molecule has 5 nitrogen and oxygen atoms in total. The smallest absolute Gasteiger partial charge is 0.225 e. The third-order valence-electron chi connectivity index (χ3n) is 3.17. The van der Waals surface area contributed by atoms with Crippen molar-refractivity contribution in [3.05, 3.63) is 36.0 Å². The van der Waals surface area contributed by atoms with E-state index in [-0.39, 0.29) is 25.5 Å². The molecule has 0 bridgehead atoms. The molecule has 0 saturated heterocycles. The van der Waals surface area contributed by atoms with Crippen molar-refractivity contribution < 1.29 is 15.0 Å². The quantitative estimate of drug-likeness (QED) is 0.635. The maximum atomic E-state index is 11.9. The van der Waals surface area contributed by atoms with Gasteiger partial charge in [-0.3, -0.25) is 4.79 Å². The van der Waals surface area contributed by atoms with Crippen molar-refractivity contribution in [3.63, 3.8) is 0 Å². The molecule has 0 aliphatic carbocycles. The summed E-state index contributed by atoms with van der Waals surface area (Å²) in [4.78, 5) is 15.0. The van der Waals surface area contributed by atoms with Gasteiger partial charge in [-0.2, -0.15) is 0 Å². The second-order valence-corrected chi connectivity index (χ2v) is 4.96. The van der Waals surface area contributed by atoms with E-state index in [4.69, 9.17) is 10.2 Å². The summed E-state index contributed by atoms with van der Waals surface area (Å²) in [5.41, 5.74) is 0.895. The maximum Gasteiger partial charge on any atom is 0.225 e. The number of aliphatic hydroxyl groups excluding tert-OH is 2. The van der Waals surface area contributed by atoms with Gasteiger partial charge in [-0.05, 0) is 18.6 Å². The molecule has 0 fully saturated rings. The lowest BCUT2D eigenvalue weighted by atomic mass is 10.0. The molecule has 0 atom stereocenters. The van der Waals surface area contributed by atoms with Crippen molar-refractivity contribution in [2.24, 2.45) is 0 Å². The number of aromatic nitrogens is 1. The highest BCUT2D eigenvalue weighted by Gasteiger charge is 2.24. The summed E-state index contributed by atoms with van der Waals surface area (Å²) >= 11 is 0. The summed E-state index contributed by atoms with van der Waals surface area (Å²) in [6.07, 6.45) is 2.01. The van der Waals surface area contributed by atoms with Crippen molar-refractivity contribution in [2.45, 2.75) is 18.9 Å². The topological polar surface area (TPSA) is 85.3 Å². The number of benzene rings is 1. The summed E-state index contributed by atoms with van der Waals surface area (Å²) in [5.74, 6) is -0.227. The van der Waals surface area contributed by atoms with Crippen molar-refractivity contribution >= 4 is 16.8 Å². The van der Waals surface area contributed by atoms with E-state index in [1.807, 2.05) is 24.3 Å². The number of H-pyrrole nitrogens is 1. The highest BCUT2D eigenvalue weighted by molar-refractivity contribution is 5.89. The predicted octanol–water partition coefficient (Wildman–Crippen LogP) is 0.570. The van der Waals surface area contributed by atoms with E-state index in [1.54, 1.807) is 13.1 Å². The number of hydrogen-bond donors (Lipinski definition) is 4. The van der Waals surface area contributed by atoms with Gasteiger partial charge in [0.1, 0.15) is 0 Å². The normalized spacial score (nSPS) is 11.7. The highest BCUT2D eigenvalue weighted by Crippen LogP contribution is 2.18. The average Bonchev–Trinajstić information content (AvgIpc) is 2.82. The Kier molecular flexibility index (Phi) is 3.87. The van der Waals surface area contributed by atoms with Crippen LogP contribution in [0.2, 0.25) is 0 Å². The van der Waals surface area contributed by atoms with Crippen LogP contribution in [0, 0.1) is 0 Å². The molecule has 102 valence electrons. The number of hydrogen-bond acceptors (Lipinski definition) is 3. The van der Waals surface area contributed by atoms with Crippen LogP contribution in [0.15, 0.2) is 30.5 Å². The van der Waals surface area contributed by atoms with Crippen LogP contribution in [0.4, 0.5) is 0 Å². The molecule has 4 N–H and O–H groups in total. The minimum atomic E-state index is -0.983. The van der Waals surface area contributed by atoms with Crippen molar-refractivity contribution in [3.8, 4) is 0 Å². The Hall–Kier alpha value is -1.85. The van der Waals surface area contributed by atoms with E-state index < -0.39 is 5.54 Å². The molecule has 1 aromatic heterocycles. The Morgan fingerprint density at radius 3 is 2.68 bits per heavy atom. The fourth-order valence-electron chi connectivity index (χ4n) is 1.96. The van der Waals surface area contributed by atoms with Gasteiger partial charge in [0.2, 0.25) is 5.91 Å². The number of aromatic amines is 1. The first-order valence-electron chi connectivity index (χ1n) is 6.16. The van der Waals surface area contributed by atoms with Crippen LogP contribution >= 0.6 is 0 Å². The second-order valence-electron chi connectivity index (χ2n) is 4.96. The van der Waals surface area contributed by atoms with Gasteiger partial charge < -0.3 is 20.5 Å². The van der Waals surface area contributed by atoms with E-state index in [0.29, 0.717) is 0 Å². The SMILES string of the molecule is CC(CO)(CO)NC(=O)Cc1c[nH]c2ccccc12. The first-order valence-corrected chi connectivity index (χ1v) is 6.16. The van der Waals surface area contributed by atoms with Gasteiger partial charge >= 0.3 is 0 Å². The zero-order chi connectivity index (χ0) is 13.9. The number of carbonyl (C=O) groups excluding carboxylic acids is 1. The van der Waals surface area contributed by atoms with Crippen LogP contribution in [-0.4, -0.2) is 39.9 Å². The molecule has 0 aliphatic rings. The number of nitrogens with one attached hydrogen (secondary N) is 2. The zero-order valence-electron chi connectivity index (χ0n) is 10.8. The molecule has 2 rings (SSSR count). The minimum Gasteiger partial charge on any atom is -0.394 e. The lowest BCUT2D eigenvalue weighted by molar-refractivity contribution is -0.123. The van der Waals surface area contributed by atoms with E-state index in [0.717, 1.165) is 16.5 Å². The zero-order valence-corrected chi connectivity index (χ0v) is 10.8. The Labute approximate surface area is 111 Å².